The van der Waals surface area contributed by atoms with Gasteiger partial charge in [0.25, 0.3) is 0 Å². The van der Waals surface area contributed by atoms with E-state index in [0.29, 0.717) is 0 Å². The van der Waals surface area contributed by atoms with Gasteiger partial charge in [-0.1, -0.05) is 0 Å². The van der Waals surface area contributed by atoms with Crippen molar-refractivity contribution in [3.8, 4) is 17.1 Å². The number of fused-ring (bicyclic) bond motifs is 1. The van der Waals surface area contributed by atoms with E-state index in [9.17, 15) is 0 Å². The predicted molar refractivity (Wildman–Crippen MR) is 70.8 cm³/mol. The molecule has 0 fully saturated rings. The minimum atomic E-state index is 0.755. The molecule has 1 aromatic heterocycles. The van der Waals surface area contributed by atoms with Gasteiger partial charge in [0.15, 0.2) is 5.82 Å². The van der Waals surface area contributed by atoms with Crippen molar-refractivity contribution in [1.82, 2.24) is 9.97 Å². The van der Waals surface area contributed by atoms with Crippen molar-refractivity contribution < 1.29 is 4.74 Å². The number of ether oxygens (including phenoxy) is 1. The Morgan fingerprint density at radius 3 is 2.83 bits per heavy atom. The highest BCUT2D eigenvalue weighted by molar-refractivity contribution is 5.59. The van der Waals surface area contributed by atoms with Crippen LogP contribution in [-0.4, -0.2) is 23.6 Å². The van der Waals surface area contributed by atoms with E-state index in [-0.39, 0.29) is 0 Å². The monoisotopic (exact) mass is 241 g/mol. The summed E-state index contributed by atoms with van der Waals surface area (Å²) in [5.74, 6) is 2.57. The van der Waals surface area contributed by atoms with Crippen LogP contribution in [0.3, 0.4) is 0 Å². The Hall–Kier alpha value is -2.10. The number of nitrogens with zero attached hydrogens (tertiary/aromatic N) is 2. The van der Waals surface area contributed by atoms with E-state index in [4.69, 9.17) is 4.74 Å². The third kappa shape index (κ3) is 2.01. The highest BCUT2D eigenvalue weighted by atomic mass is 16.5. The second-order valence-corrected chi connectivity index (χ2v) is 4.33. The van der Waals surface area contributed by atoms with Gasteiger partial charge in [0.1, 0.15) is 11.6 Å². The van der Waals surface area contributed by atoms with Gasteiger partial charge in [0.05, 0.1) is 7.11 Å². The van der Waals surface area contributed by atoms with Crippen molar-refractivity contribution in [3.63, 3.8) is 0 Å². The Bertz CT molecular complexity index is 551. The van der Waals surface area contributed by atoms with Crippen LogP contribution in [0.4, 0.5) is 5.82 Å². The molecule has 1 aliphatic heterocycles. The Kier molecular flexibility index (Phi) is 2.84. The fourth-order valence-corrected chi connectivity index (χ4v) is 2.11. The van der Waals surface area contributed by atoms with Gasteiger partial charge in [-0.2, -0.15) is 0 Å². The molecule has 0 unspecified atom stereocenters. The molecule has 18 heavy (non-hydrogen) atoms. The van der Waals surface area contributed by atoms with Crippen LogP contribution < -0.4 is 10.1 Å². The van der Waals surface area contributed by atoms with Crippen molar-refractivity contribution >= 4 is 5.82 Å². The molecule has 1 aromatic carbocycles. The molecular formula is C14H15N3O. The third-order valence-corrected chi connectivity index (χ3v) is 3.13. The first-order chi connectivity index (χ1) is 8.86. The van der Waals surface area contributed by atoms with Crippen LogP contribution in [0.5, 0.6) is 5.75 Å². The smallest absolute Gasteiger partial charge is 0.161 e. The van der Waals surface area contributed by atoms with Crippen LogP contribution in [0.1, 0.15) is 12.0 Å². The van der Waals surface area contributed by atoms with E-state index in [0.717, 1.165) is 42.3 Å². The molecule has 2 aromatic rings. The number of aromatic nitrogens is 2. The third-order valence-electron chi connectivity index (χ3n) is 3.13. The number of hydrogen-bond acceptors (Lipinski definition) is 4. The number of hydrogen-bond donors (Lipinski definition) is 1. The van der Waals surface area contributed by atoms with Gasteiger partial charge in [-0.3, -0.25) is 0 Å². The van der Waals surface area contributed by atoms with E-state index in [1.807, 2.05) is 30.5 Å². The number of benzene rings is 1. The first-order valence-electron chi connectivity index (χ1n) is 6.11. The number of methoxy groups -OCH3 is 1. The maximum absolute atomic E-state index is 5.14. The molecule has 3 rings (SSSR count). The van der Waals surface area contributed by atoms with Crippen molar-refractivity contribution in [2.24, 2.45) is 0 Å². The molecular weight excluding hydrogens is 226 g/mol. The molecule has 0 aliphatic carbocycles. The zero-order valence-electron chi connectivity index (χ0n) is 10.3. The molecule has 92 valence electrons. The summed E-state index contributed by atoms with van der Waals surface area (Å²) in [6, 6.07) is 7.80. The van der Waals surface area contributed by atoms with Gasteiger partial charge in [-0.05, 0) is 37.1 Å². The molecule has 4 nitrogen and oxygen atoms in total. The number of aryl methyl sites for hydroxylation is 1. The summed E-state index contributed by atoms with van der Waals surface area (Å²) in [4.78, 5) is 9.00. The van der Waals surface area contributed by atoms with E-state index >= 15 is 0 Å². The Balaban J connectivity index is 1.95. The molecule has 0 radical (unpaired) electrons. The molecule has 0 saturated carbocycles. The van der Waals surface area contributed by atoms with E-state index < -0.39 is 0 Å². The van der Waals surface area contributed by atoms with Gasteiger partial charge in [0.2, 0.25) is 0 Å². The van der Waals surface area contributed by atoms with Crippen LogP contribution >= 0.6 is 0 Å². The normalized spacial score (nSPS) is 13.6. The van der Waals surface area contributed by atoms with Crippen molar-refractivity contribution in [2.45, 2.75) is 12.8 Å². The first kappa shape index (κ1) is 11.0. The molecule has 4 heteroatoms. The van der Waals surface area contributed by atoms with Gasteiger partial charge < -0.3 is 10.1 Å². The Morgan fingerprint density at radius 1 is 1.22 bits per heavy atom. The number of nitrogens with one attached hydrogen (secondary N) is 1. The van der Waals surface area contributed by atoms with E-state index in [1.54, 1.807) is 7.11 Å². The molecule has 1 N–H and O–H groups in total. The topological polar surface area (TPSA) is 47.0 Å². The molecule has 0 bridgehead atoms. The summed E-state index contributed by atoms with van der Waals surface area (Å²) in [6.07, 6.45) is 4.14. The summed E-state index contributed by atoms with van der Waals surface area (Å²) in [5, 5.41) is 3.32. The van der Waals surface area contributed by atoms with Crippen LogP contribution in [-0.2, 0) is 6.42 Å². The van der Waals surface area contributed by atoms with Gasteiger partial charge in [0, 0.05) is 23.9 Å². The highest BCUT2D eigenvalue weighted by Gasteiger charge is 2.12. The fourth-order valence-electron chi connectivity index (χ4n) is 2.11. The summed E-state index contributed by atoms with van der Waals surface area (Å²) >= 11 is 0. The SMILES string of the molecule is COc1ccc(-c2ncc3c(n2)NCCC3)cc1. The minimum absolute atomic E-state index is 0.755. The fraction of sp³-hybridized carbons (Fsp3) is 0.286. The summed E-state index contributed by atoms with van der Waals surface area (Å²) in [5.41, 5.74) is 2.21. The zero-order valence-corrected chi connectivity index (χ0v) is 10.3. The lowest BCUT2D eigenvalue weighted by atomic mass is 10.1. The van der Waals surface area contributed by atoms with Crippen LogP contribution in [0.2, 0.25) is 0 Å². The second-order valence-electron chi connectivity index (χ2n) is 4.33. The van der Waals surface area contributed by atoms with Crippen molar-refractivity contribution in [2.75, 3.05) is 19.0 Å². The molecule has 0 saturated heterocycles. The number of rotatable bonds is 2. The number of anilines is 1. The second kappa shape index (κ2) is 4.64. The molecule has 0 spiro atoms. The van der Waals surface area contributed by atoms with Crippen LogP contribution in [0, 0.1) is 0 Å². The van der Waals surface area contributed by atoms with Gasteiger partial charge >= 0.3 is 0 Å². The molecule has 0 amide bonds. The zero-order chi connectivity index (χ0) is 12.4. The average molecular weight is 241 g/mol. The summed E-state index contributed by atoms with van der Waals surface area (Å²) in [7, 11) is 1.66. The molecule has 1 aliphatic rings. The highest BCUT2D eigenvalue weighted by Crippen LogP contribution is 2.24. The lowest BCUT2D eigenvalue weighted by molar-refractivity contribution is 0.415. The first-order valence-corrected chi connectivity index (χ1v) is 6.11. The van der Waals surface area contributed by atoms with E-state index in [1.165, 1.54) is 5.56 Å². The van der Waals surface area contributed by atoms with Gasteiger partial charge in [-0.25, -0.2) is 9.97 Å². The average Bonchev–Trinajstić information content (AvgIpc) is 2.47. The standard InChI is InChI=1S/C14H15N3O/c1-18-12-6-4-10(5-7-12)13-16-9-11-3-2-8-15-14(11)17-13/h4-7,9H,2-3,8H2,1H3,(H,15,16,17). The summed E-state index contributed by atoms with van der Waals surface area (Å²) in [6.45, 7) is 0.992. The molecule has 0 atom stereocenters. The van der Waals surface area contributed by atoms with Crippen molar-refractivity contribution in [3.05, 3.63) is 36.0 Å². The molecule has 2 heterocycles. The van der Waals surface area contributed by atoms with Gasteiger partial charge in [-0.15, -0.1) is 0 Å². The quantitative estimate of drug-likeness (QED) is 0.877. The maximum atomic E-state index is 5.14. The predicted octanol–water partition coefficient (Wildman–Crippen LogP) is 2.51. The largest absolute Gasteiger partial charge is 0.497 e. The lowest BCUT2D eigenvalue weighted by Gasteiger charge is -2.16. The van der Waals surface area contributed by atoms with E-state index in [2.05, 4.69) is 15.3 Å². The van der Waals surface area contributed by atoms with Crippen LogP contribution in [0.15, 0.2) is 30.5 Å². The maximum Gasteiger partial charge on any atom is 0.161 e. The minimum Gasteiger partial charge on any atom is -0.497 e. The van der Waals surface area contributed by atoms with Crippen LogP contribution in [0.25, 0.3) is 11.4 Å². The Labute approximate surface area is 106 Å². The Morgan fingerprint density at radius 2 is 2.06 bits per heavy atom. The van der Waals surface area contributed by atoms with Crippen molar-refractivity contribution in [1.29, 1.82) is 0 Å². The lowest BCUT2D eigenvalue weighted by Crippen LogP contribution is -2.14. The summed E-state index contributed by atoms with van der Waals surface area (Å²) < 4.78 is 5.14.